The quantitative estimate of drug-likeness (QED) is 0.609. The number of benzene rings is 1. The molecule has 0 aliphatic carbocycles. The molecule has 0 spiro atoms. The minimum atomic E-state index is 1.09. The fourth-order valence-corrected chi connectivity index (χ4v) is 1.32. The molecule has 0 heterocycles. The topological polar surface area (TPSA) is 0 Å². The van der Waals surface area contributed by atoms with Gasteiger partial charge >= 0.3 is 0 Å². The zero-order valence-electron chi connectivity index (χ0n) is 9.09. The highest BCUT2D eigenvalue weighted by molar-refractivity contribution is 5.51. The SMILES string of the molecule is C=C(C)CC/C(C)=C/c1ccccc1. The summed E-state index contributed by atoms with van der Waals surface area (Å²) >= 11 is 0. The molecule has 0 bridgehead atoms. The molecule has 0 nitrogen and oxygen atoms in total. The van der Waals surface area contributed by atoms with Crippen LogP contribution >= 0.6 is 0 Å². The van der Waals surface area contributed by atoms with Crippen LogP contribution in [-0.2, 0) is 0 Å². The summed E-state index contributed by atoms with van der Waals surface area (Å²) < 4.78 is 0. The molecule has 1 aromatic carbocycles. The summed E-state index contributed by atoms with van der Waals surface area (Å²) in [4.78, 5) is 0. The van der Waals surface area contributed by atoms with Crippen LogP contribution < -0.4 is 0 Å². The molecule has 0 aliphatic heterocycles. The van der Waals surface area contributed by atoms with Crippen molar-refractivity contribution in [2.24, 2.45) is 0 Å². The van der Waals surface area contributed by atoms with Gasteiger partial charge in [-0.2, -0.15) is 0 Å². The second-order valence-electron chi connectivity index (χ2n) is 3.86. The lowest BCUT2D eigenvalue weighted by Gasteiger charge is -2.01. The van der Waals surface area contributed by atoms with E-state index in [1.54, 1.807) is 0 Å². The Hall–Kier alpha value is -1.30. The molecule has 0 N–H and O–H groups in total. The Kier molecular flexibility index (Phi) is 4.18. The summed E-state index contributed by atoms with van der Waals surface area (Å²) in [5.41, 5.74) is 3.96. The molecular weight excluding hydrogens is 168 g/mol. The summed E-state index contributed by atoms with van der Waals surface area (Å²) in [6.45, 7) is 8.16. The third-order valence-electron chi connectivity index (χ3n) is 2.16. The van der Waals surface area contributed by atoms with Crippen LogP contribution in [0.5, 0.6) is 0 Å². The standard InChI is InChI=1S/C14H18/c1-12(2)9-10-13(3)11-14-7-5-4-6-8-14/h4-8,11H,1,9-10H2,2-3H3/b13-11+. The Balaban J connectivity index is 2.56. The average Bonchev–Trinajstić information content (AvgIpc) is 2.16. The van der Waals surface area contributed by atoms with E-state index in [1.807, 2.05) is 6.07 Å². The Morgan fingerprint density at radius 2 is 1.79 bits per heavy atom. The number of hydrogen-bond acceptors (Lipinski definition) is 0. The lowest BCUT2D eigenvalue weighted by Crippen LogP contribution is -1.80. The summed E-state index contributed by atoms with van der Waals surface area (Å²) in [5, 5.41) is 0. The van der Waals surface area contributed by atoms with Gasteiger partial charge in [0.05, 0.1) is 0 Å². The van der Waals surface area contributed by atoms with Crippen LogP contribution in [0.3, 0.4) is 0 Å². The average molecular weight is 186 g/mol. The second kappa shape index (κ2) is 5.43. The molecular formula is C14H18. The van der Waals surface area contributed by atoms with Gasteiger partial charge in [-0.1, -0.05) is 47.6 Å². The van der Waals surface area contributed by atoms with Crippen LogP contribution in [0.1, 0.15) is 32.3 Å². The van der Waals surface area contributed by atoms with Gasteiger partial charge in [0.1, 0.15) is 0 Å². The van der Waals surface area contributed by atoms with Crippen molar-refractivity contribution in [3.63, 3.8) is 0 Å². The number of allylic oxidation sites excluding steroid dienone is 2. The third kappa shape index (κ3) is 4.08. The van der Waals surface area contributed by atoms with Crippen LogP contribution in [0.25, 0.3) is 6.08 Å². The van der Waals surface area contributed by atoms with Gasteiger partial charge in [-0.25, -0.2) is 0 Å². The first-order valence-corrected chi connectivity index (χ1v) is 5.05. The second-order valence-corrected chi connectivity index (χ2v) is 3.86. The van der Waals surface area contributed by atoms with Crippen LogP contribution in [0.2, 0.25) is 0 Å². The van der Waals surface area contributed by atoms with Gasteiger partial charge < -0.3 is 0 Å². The van der Waals surface area contributed by atoms with Crippen LogP contribution in [-0.4, -0.2) is 0 Å². The van der Waals surface area contributed by atoms with Crippen molar-refractivity contribution in [2.75, 3.05) is 0 Å². The Labute approximate surface area is 87.0 Å². The summed E-state index contributed by atoms with van der Waals surface area (Å²) in [7, 11) is 0. The van der Waals surface area contributed by atoms with Gasteiger partial charge in [0.25, 0.3) is 0 Å². The van der Waals surface area contributed by atoms with E-state index in [-0.39, 0.29) is 0 Å². The van der Waals surface area contributed by atoms with Crippen LogP contribution in [0.4, 0.5) is 0 Å². The van der Waals surface area contributed by atoms with Gasteiger partial charge in [-0.05, 0) is 32.3 Å². The molecule has 1 rings (SSSR count). The van der Waals surface area contributed by atoms with Gasteiger partial charge in [0, 0.05) is 0 Å². The van der Waals surface area contributed by atoms with Crippen molar-refractivity contribution >= 4 is 6.08 Å². The first-order valence-electron chi connectivity index (χ1n) is 5.05. The van der Waals surface area contributed by atoms with Crippen molar-refractivity contribution < 1.29 is 0 Å². The zero-order chi connectivity index (χ0) is 10.4. The largest absolute Gasteiger partial charge is 0.100 e. The molecule has 0 saturated heterocycles. The third-order valence-corrected chi connectivity index (χ3v) is 2.16. The van der Waals surface area contributed by atoms with E-state index in [1.165, 1.54) is 16.7 Å². The number of hydrogen-bond donors (Lipinski definition) is 0. The van der Waals surface area contributed by atoms with E-state index in [4.69, 9.17) is 0 Å². The molecule has 0 aliphatic rings. The lowest BCUT2D eigenvalue weighted by atomic mass is 10.1. The molecule has 0 aromatic heterocycles. The molecule has 0 saturated carbocycles. The van der Waals surface area contributed by atoms with E-state index < -0.39 is 0 Å². The highest BCUT2D eigenvalue weighted by Gasteiger charge is 1.92. The molecule has 0 atom stereocenters. The normalized spacial score (nSPS) is 11.4. The molecule has 0 heteroatoms. The van der Waals surface area contributed by atoms with Crippen molar-refractivity contribution in [1.29, 1.82) is 0 Å². The Morgan fingerprint density at radius 1 is 1.14 bits per heavy atom. The maximum Gasteiger partial charge on any atom is -0.0257 e. The zero-order valence-corrected chi connectivity index (χ0v) is 9.09. The minimum absolute atomic E-state index is 1.09. The maximum atomic E-state index is 3.91. The van der Waals surface area contributed by atoms with Crippen LogP contribution in [0.15, 0.2) is 48.1 Å². The first kappa shape index (κ1) is 10.8. The fraction of sp³-hybridized carbons (Fsp3) is 0.286. The van der Waals surface area contributed by atoms with Gasteiger partial charge in [0.2, 0.25) is 0 Å². The van der Waals surface area contributed by atoms with E-state index in [0.717, 1.165) is 12.8 Å². The van der Waals surface area contributed by atoms with Crippen molar-refractivity contribution in [3.05, 3.63) is 53.6 Å². The molecule has 0 amide bonds. The predicted octanol–water partition coefficient (Wildman–Crippen LogP) is 4.45. The molecule has 0 unspecified atom stereocenters. The van der Waals surface area contributed by atoms with Crippen molar-refractivity contribution in [3.8, 4) is 0 Å². The van der Waals surface area contributed by atoms with Gasteiger partial charge in [-0.15, -0.1) is 6.58 Å². The minimum Gasteiger partial charge on any atom is -0.100 e. The van der Waals surface area contributed by atoms with E-state index in [2.05, 4.69) is 50.8 Å². The monoisotopic (exact) mass is 186 g/mol. The maximum absolute atomic E-state index is 3.91. The number of rotatable bonds is 4. The van der Waals surface area contributed by atoms with E-state index >= 15 is 0 Å². The Morgan fingerprint density at radius 3 is 2.36 bits per heavy atom. The lowest BCUT2D eigenvalue weighted by molar-refractivity contribution is 0.935. The smallest absolute Gasteiger partial charge is 0.0257 e. The Bertz CT molecular complexity index is 317. The highest BCUT2D eigenvalue weighted by Crippen LogP contribution is 2.13. The van der Waals surface area contributed by atoms with E-state index in [0.29, 0.717) is 0 Å². The summed E-state index contributed by atoms with van der Waals surface area (Å²) in [6.07, 6.45) is 4.45. The molecule has 0 radical (unpaired) electrons. The highest BCUT2D eigenvalue weighted by atomic mass is 14.0. The van der Waals surface area contributed by atoms with Gasteiger partial charge in [-0.3, -0.25) is 0 Å². The molecule has 74 valence electrons. The van der Waals surface area contributed by atoms with Crippen molar-refractivity contribution in [2.45, 2.75) is 26.7 Å². The molecule has 1 aromatic rings. The predicted molar refractivity (Wildman–Crippen MR) is 64.1 cm³/mol. The molecule has 14 heavy (non-hydrogen) atoms. The molecule has 0 fully saturated rings. The fourth-order valence-electron chi connectivity index (χ4n) is 1.32. The van der Waals surface area contributed by atoms with Gasteiger partial charge in [0.15, 0.2) is 0 Å². The van der Waals surface area contributed by atoms with E-state index in [9.17, 15) is 0 Å². The van der Waals surface area contributed by atoms with Crippen molar-refractivity contribution in [1.82, 2.24) is 0 Å². The first-order chi connectivity index (χ1) is 6.68. The summed E-state index contributed by atoms with van der Waals surface area (Å²) in [5.74, 6) is 0. The van der Waals surface area contributed by atoms with Crippen LogP contribution in [0, 0.1) is 0 Å². The summed E-state index contributed by atoms with van der Waals surface area (Å²) in [6, 6.07) is 10.4.